The Kier molecular flexibility index (Phi) is 4.35. The summed E-state index contributed by atoms with van der Waals surface area (Å²) in [4.78, 5) is 13.7. The maximum absolute atomic E-state index is 11.2. The number of rotatable bonds is 6. The fraction of sp³-hybridized carbons (Fsp3) is 0.650. The minimum Gasteiger partial charge on any atom is -0.481 e. The van der Waals surface area contributed by atoms with Crippen molar-refractivity contribution >= 4 is 5.97 Å². The summed E-state index contributed by atoms with van der Waals surface area (Å²) in [6.07, 6.45) is 7.20. The van der Waals surface area contributed by atoms with E-state index in [1.165, 1.54) is 18.4 Å². The van der Waals surface area contributed by atoms with Gasteiger partial charge in [0.05, 0.1) is 6.42 Å². The van der Waals surface area contributed by atoms with E-state index < -0.39 is 5.97 Å². The molecule has 4 heteroatoms. The number of piperidine rings is 1. The summed E-state index contributed by atoms with van der Waals surface area (Å²) in [7, 11) is 0. The van der Waals surface area contributed by atoms with E-state index in [9.17, 15) is 9.90 Å². The van der Waals surface area contributed by atoms with Crippen LogP contribution in [0.3, 0.4) is 0 Å². The Bertz CT molecular complexity index is 577. The topological polar surface area (TPSA) is 52.6 Å². The third kappa shape index (κ3) is 3.22. The van der Waals surface area contributed by atoms with Gasteiger partial charge in [-0.25, -0.2) is 0 Å². The van der Waals surface area contributed by atoms with Gasteiger partial charge in [0.15, 0.2) is 0 Å². The second kappa shape index (κ2) is 6.49. The normalized spacial score (nSPS) is 29.8. The third-order valence-electron chi connectivity index (χ3n) is 6.40. The molecule has 3 fully saturated rings. The average Bonchev–Trinajstić information content (AvgIpc) is 3.32. The molecule has 1 saturated heterocycles. The van der Waals surface area contributed by atoms with Gasteiger partial charge >= 0.3 is 5.97 Å². The van der Waals surface area contributed by atoms with Crippen molar-refractivity contribution in [3.8, 4) is 0 Å². The van der Waals surface area contributed by atoms with Crippen molar-refractivity contribution in [3.05, 3.63) is 35.9 Å². The second-order valence-electron chi connectivity index (χ2n) is 7.94. The lowest BCUT2D eigenvalue weighted by atomic mass is 9.72. The van der Waals surface area contributed by atoms with Gasteiger partial charge in [-0.05, 0) is 44.1 Å². The largest absolute Gasteiger partial charge is 0.481 e. The summed E-state index contributed by atoms with van der Waals surface area (Å²) in [5.74, 6) is 0.0489. The van der Waals surface area contributed by atoms with Crippen LogP contribution in [-0.2, 0) is 4.79 Å². The van der Waals surface area contributed by atoms with E-state index in [1.54, 1.807) is 0 Å². The summed E-state index contributed by atoms with van der Waals surface area (Å²) in [6.45, 7) is 2.10. The van der Waals surface area contributed by atoms with Gasteiger partial charge in [0, 0.05) is 36.6 Å². The molecule has 1 aliphatic heterocycles. The van der Waals surface area contributed by atoms with Gasteiger partial charge in [-0.1, -0.05) is 30.3 Å². The van der Waals surface area contributed by atoms with Crippen LogP contribution in [0.2, 0.25) is 0 Å². The molecule has 0 bridgehead atoms. The summed E-state index contributed by atoms with van der Waals surface area (Å²) < 4.78 is 0. The number of aliphatic carboxylic acids is 1. The second-order valence-corrected chi connectivity index (χ2v) is 7.94. The summed E-state index contributed by atoms with van der Waals surface area (Å²) in [6, 6.07) is 12.1. The van der Waals surface area contributed by atoms with E-state index in [0.717, 1.165) is 38.8 Å². The van der Waals surface area contributed by atoms with E-state index in [-0.39, 0.29) is 5.54 Å². The van der Waals surface area contributed by atoms with Gasteiger partial charge in [-0.3, -0.25) is 9.69 Å². The average molecular weight is 328 g/mol. The molecular formula is C20H28N2O2. The van der Waals surface area contributed by atoms with E-state index in [2.05, 4.69) is 40.5 Å². The van der Waals surface area contributed by atoms with Crippen LogP contribution in [0.4, 0.5) is 0 Å². The van der Waals surface area contributed by atoms with Crippen LogP contribution in [0.25, 0.3) is 0 Å². The van der Waals surface area contributed by atoms with E-state index in [0.29, 0.717) is 24.4 Å². The third-order valence-corrected chi connectivity index (χ3v) is 6.40. The number of carbonyl (C=O) groups is 1. The Balaban J connectivity index is 1.26. The molecule has 4 rings (SSSR count). The summed E-state index contributed by atoms with van der Waals surface area (Å²) >= 11 is 0. The van der Waals surface area contributed by atoms with Gasteiger partial charge in [0.25, 0.3) is 0 Å². The molecule has 2 saturated carbocycles. The minimum absolute atomic E-state index is 0.0248. The van der Waals surface area contributed by atoms with Gasteiger partial charge in [-0.2, -0.15) is 0 Å². The summed E-state index contributed by atoms with van der Waals surface area (Å²) in [5, 5.41) is 13.1. The molecule has 2 aliphatic carbocycles. The van der Waals surface area contributed by atoms with Crippen LogP contribution in [0.5, 0.6) is 0 Å². The first-order chi connectivity index (χ1) is 11.7. The van der Waals surface area contributed by atoms with Crippen molar-refractivity contribution < 1.29 is 9.90 Å². The lowest BCUT2D eigenvalue weighted by molar-refractivity contribution is -0.143. The van der Waals surface area contributed by atoms with Crippen LogP contribution in [0.1, 0.15) is 56.4 Å². The highest BCUT2D eigenvalue weighted by Crippen LogP contribution is 2.43. The Morgan fingerprint density at radius 1 is 1.21 bits per heavy atom. The standard InChI is InChI=1S/C20H28N2O2/c23-19(24)14-20(9-4-10-20)22-11-7-16(8-12-22)21-18-13-17(18)15-5-2-1-3-6-15/h1-3,5-6,16-18,21H,4,7-14H2,(H,23,24)/t17?,18-/m1/s1. The molecule has 1 aromatic carbocycles. The summed E-state index contributed by atoms with van der Waals surface area (Å²) in [5.41, 5.74) is 1.44. The number of hydrogen-bond acceptors (Lipinski definition) is 3. The molecule has 0 radical (unpaired) electrons. The molecule has 2 N–H and O–H groups in total. The zero-order chi connectivity index (χ0) is 16.6. The van der Waals surface area contributed by atoms with Crippen LogP contribution in [0.15, 0.2) is 30.3 Å². The highest BCUT2D eigenvalue weighted by molar-refractivity contribution is 5.68. The van der Waals surface area contributed by atoms with Gasteiger partial charge in [-0.15, -0.1) is 0 Å². The van der Waals surface area contributed by atoms with E-state index >= 15 is 0 Å². The van der Waals surface area contributed by atoms with Crippen LogP contribution < -0.4 is 5.32 Å². The highest BCUT2D eigenvalue weighted by Gasteiger charge is 2.46. The van der Waals surface area contributed by atoms with Crippen LogP contribution in [0, 0.1) is 0 Å². The molecule has 3 aliphatic rings. The molecule has 1 unspecified atom stereocenters. The predicted molar refractivity (Wildman–Crippen MR) is 94.2 cm³/mol. The molecule has 24 heavy (non-hydrogen) atoms. The zero-order valence-electron chi connectivity index (χ0n) is 14.3. The van der Waals surface area contributed by atoms with Crippen LogP contribution in [-0.4, -0.2) is 46.7 Å². The minimum atomic E-state index is -0.640. The zero-order valence-corrected chi connectivity index (χ0v) is 14.3. The number of carboxylic acids is 1. The Labute approximate surface area is 144 Å². The van der Waals surface area contributed by atoms with E-state index in [1.807, 2.05) is 0 Å². The molecule has 1 heterocycles. The Hall–Kier alpha value is -1.39. The van der Waals surface area contributed by atoms with Crippen molar-refractivity contribution in [1.29, 1.82) is 0 Å². The lowest BCUT2D eigenvalue weighted by Gasteiger charge is -2.52. The van der Waals surface area contributed by atoms with Crippen molar-refractivity contribution in [3.63, 3.8) is 0 Å². The van der Waals surface area contributed by atoms with Crippen molar-refractivity contribution in [2.24, 2.45) is 0 Å². The molecule has 0 aromatic heterocycles. The van der Waals surface area contributed by atoms with Crippen molar-refractivity contribution in [1.82, 2.24) is 10.2 Å². The predicted octanol–water partition coefficient (Wildman–Crippen LogP) is 2.99. The fourth-order valence-corrected chi connectivity index (χ4v) is 4.74. The molecular weight excluding hydrogens is 300 g/mol. The monoisotopic (exact) mass is 328 g/mol. The maximum atomic E-state index is 11.2. The Morgan fingerprint density at radius 2 is 1.92 bits per heavy atom. The van der Waals surface area contributed by atoms with Gasteiger partial charge in [0.1, 0.15) is 0 Å². The SMILES string of the molecule is O=C(O)CC1(N2CCC(N[C@@H]3CC3c3ccccc3)CC2)CCC1. The van der Waals surface area contributed by atoms with Crippen LogP contribution >= 0.6 is 0 Å². The molecule has 1 aromatic rings. The van der Waals surface area contributed by atoms with Gasteiger partial charge < -0.3 is 10.4 Å². The quantitative estimate of drug-likeness (QED) is 0.843. The molecule has 130 valence electrons. The number of nitrogens with zero attached hydrogens (tertiary/aromatic N) is 1. The van der Waals surface area contributed by atoms with E-state index in [4.69, 9.17) is 0 Å². The fourth-order valence-electron chi connectivity index (χ4n) is 4.74. The highest BCUT2D eigenvalue weighted by atomic mass is 16.4. The number of likely N-dealkylation sites (tertiary alicyclic amines) is 1. The first kappa shape index (κ1) is 16.1. The lowest BCUT2D eigenvalue weighted by Crippen LogP contribution is -2.58. The molecule has 2 atom stereocenters. The first-order valence-electron chi connectivity index (χ1n) is 9.44. The number of carboxylic acid groups (broad SMARTS) is 1. The molecule has 0 spiro atoms. The number of benzene rings is 1. The number of hydrogen-bond donors (Lipinski definition) is 2. The molecule has 4 nitrogen and oxygen atoms in total. The van der Waals surface area contributed by atoms with Crippen molar-refractivity contribution in [2.45, 2.75) is 68.5 Å². The maximum Gasteiger partial charge on any atom is 0.305 e. The Morgan fingerprint density at radius 3 is 2.50 bits per heavy atom. The van der Waals surface area contributed by atoms with Crippen molar-refractivity contribution in [2.75, 3.05) is 13.1 Å². The first-order valence-corrected chi connectivity index (χ1v) is 9.44. The smallest absolute Gasteiger partial charge is 0.305 e. The van der Waals surface area contributed by atoms with Gasteiger partial charge in [0.2, 0.25) is 0 Å². The number of nitrogens with one attached hydrogen (secondary N) is 1. The molecule has 0 amide bonds.